The van der Waals surface area contributed by atoms with E-state index in [0.717, 1.165) is 15.8 Å². The van der Waals surface area contributed by atoms with Crippen LogP contribution in [0.2, 0.25) is 0 Å². The summed E-state index contributed by atoms with van der Waals surface area (Å²) in [7, 11) is 3.37. The van der Waals surface area contributed by atoms with Gasteiger partial charge in [-0.05, 0) is 42.0 Å². The van der Waals surface area contributed by atoms with Crippen LogP contribution in [0.1, 0.15) is 5.56 Å². The van der Waals surface area contributed by atoms with Crippen LogP contribution in [0.25, 0.3) is 0 Å². The van der Waals surface area contributed by atoms with Crippen LogP contribution in [-0.4, -0.2) is 31.6 Å². The van der Waals surface area contributed by atoms with Gasteiger partial charge in [0.05, 0.1) is 7.11 Å². The third-order valence-corrected chi connectivity index (χ3v) is 3.71. The average molecular weight is 364 g/mol. The molecule has 4 nitrogen and oxygen atoms in total. The van der Waals surface area contributed by atoms with Crippen molar-refractivity contribution < 1.29 is 14.3 Å². The number of carbonyl (C=O) groups excluding carboxylic acids is 1. The molecule has 0 aliphatic carbocycles. The van der Waals surface area contributed by atoms with Crippen molar-refractivity contribution >= 4 is 21.8 Å². The van der Waals surface area contributed by atoms with E-state index in [0.29, 0.717) is 12.3 Å². The van der Waals surface area contributed by atoms with Crippen molar-refractivity contribution in [2.75, 3.05) is 20.8 Å². The van der Waals surface area contributed by atoms with Crippen LogP contribution in [0.3, 0.4) is 0 Å². The number of benzene rings is 2. The summed E-state index contributed by atoms with van der Waals surface area (Å²) in [6.07, 6.45) is 0. The zero-order valence-electron chi connectivity index (χ0n) is 12.6. The second-order valence-corrected chi connectivity index (χ2v) is 5.76. The Balaban J connectivity index is 1.84. The molecule has 0 N–H and O–H groups in total. The molecule has 5 heteroatoms. The van der Waals surface area contributed by atoms with Crippen molar-refractivity contribution in [3.05, 3.63) is 58.6 Å². The molecule has 0 aliphatic heterocycles. The molecule has 0 heterocycles. The Labute approximate surface area is 138 Å². The van der Waals surface area contributed by atoms with Gasteiger partial charge in [-0.1, -0.05) is 28.1 Å². The van der Waals surface area contributed by atoms with Crippen LogP contribution in [0, 0.1) is 0 Å². The summed E-state index contributed by atoms with van der Waals surface area (Å²) in [5.74, 6) is 1.33. The second-order valence-electron chi connectivity index (χ2n) is 4.84. The van der Waals surface area contributed by atoms with Crippen LogP contribution >= 0.6 is 15.9 Å². The number of rotatable bonds is 6. The Kier molecular flexibility index (Phi) is 5.83. The van der Waals surface area contributed by atoms with Gasteiger partial charge in [0.15, 0.2) is 6.61 Å². The summed E-state index contributed by atoms with van der Waals surface area (Å²) in [5, 5.41) is 0. The first-order chi connectivity index (χ1) is 10.6. The number of methoxy groups -OCH3 is 1. The summed E-state index contributed by atoms with van der Waals surface area (Å²) >= 11 is 3.39. The Morgan fingerprint density at radius 3 is 2.23 bits per heavy atom. The number of likely N-dealkylation sites (N-methyl/N-ethyl adjacent to an activating group) is 1. The molecule has 2 rings (SSSR count). The predicted molar refractivity (Wildman–Crippen MR) is 89.1 cm³/mol. The first-order valence-corrected chi connectivity index (χ1v) is 7.63. The smallest absolute Gasteiger partial charge is 0.260 e. The molecule has 0 saturated heterocycles. The van der Waals surface area contributed by atoms with E-state index in [1.165, 1.54) is 0 Å². The third kappa shape index (κ3) is 4.77. The zero-order valence-corrected chi connectivity index (χ0v) is 14.2. The van der Waals surface area contributed by atoms with E-state index in [-0.39, 0.29) is 12.5 Å². The molecule has 0 atom stereocenters. The highest BCUT2D eigenvalue weighted by molar-refractivity contribution is 9.10. The minimum absolute atomic E-state index is 0.0133. The molecule has 116 valence electrons. The number of amides is 1. The van der Waals surface area contributed by atoms with Crippen LogP contribution in [0.15, 0.2) is 53.0 Å². The van der Waals surface area contributed by atoms with Gasteiger partial charge < -0.3 is 14.4 Å². The van der Waals surface area contributed by atoms with E-state index < -0.39 is 0 Å². The fraction of sp³-hybridized carbons (Fsp3) is 0.235. The van der Waals surface area contributed by atoms with Crippen molar-refractivity contribution in [1.29, 1.82) is 0 Å². The van der Waals surface area contributed by atoms with Gasteiger partial charge in [0.2, 0.25) is 0 Å². The highest BCUT2D eigenvalue weighted by Gasteiger charge is 2.10. The molecule has 0 fully saturated rings. The first kappa shape index (κ1) is 16.4. The largest absolute Gasteiger partial charge is 0.497 e. The monoisotopic (exact) mass is 363 g/mol. The highest BCUT2D eigenvalue weighted by Crippen LogP contribution is 2.17. The summed E-state index contributed by atoms with van der Waals surface area (Å²) in [4.78, 5) is 13.7. The molecule has 2 aromatic rings. The molecule has 2 aromatic carbocycles. The maximum absolute atomic E-state index is 12.1. The number of halogens is 1. The fourth-order valence-corrected chi connectivity index (χ4v) is 2.14. The maximum Gasteiger partial charge on any atom is 0.260 e. The molecular formula is C17H18BrNO3. The van der Waals surface area contributed by atoms with Gasteiger partial charge in [0.1, 0.15) is 11.5 Å². The van der Waals surface area contributed by atoms with Crippen LogP contribution in [0.4, 0.5) is 0 Å². The Hall–Kier alpha value is -2.01. The normalized spacial score (nSPS) is 10.1. The Morgan fingerprint density at radius 2 is 1.64 bits per heavy atom. The van der Waals surface area contributed by atoms with Crippen LogP contribution in [-0.2, 0) is 11.3 Å². The van der Waals surface area contributed by atoms with E-state index >= 15 is 0 Å². The van der Waals surface area contributed by atoms with E-state index in [4.69, 9.17) is 9.47 Å². The lowest BCUT2D eigenvalue weighted by atomic mass is 10.2. The van der Waals surface area contributed by atoms with E-state index in [9.17, 15) is 4.79 Å². The standard InChI is InChI=1S/C17H18BrNO3/c1-19(11-13-3-5-14(18)6-4-13)17(20)12-22-16-9-7-15(21-2)8-10-16/h3-10H,11-12H2,1-2H3. The molecule has 0 spiro atoms. The number of hydrogen-bond donors (Lipinski definition) is 0. The Morgan fingerprint density at radius 1 is 1.05 bits per heavy atom. The van der Waals surface area contributed by atoms with Gasteiger partial charge >= 0.3 is 0 Å². The summed E-state index contributed by atoms with van der Waals surface area (Å²) in [6, 6.07) is 15.0. The van der Waals surface area contributed by atoms with Crippen LogP contribution in [0.5, 0.6) is 11.5 Å². The summed E-state index contributed by atoms with van der Waals surface area (Å²) in [6.45, 7) is 0.567. The quantitative estimate of drug-likeness (QED) is 0.788. The number of carbonyl (C=O) groups is 1. The van der Waals surface area contributed by atoms with Crippen LogP contribution < -0.4 is 9.47 Å². The lowest BCUT2D eigenvalue weighted by Crippen LogP contribution is -2.30. The fourth-order valence-electron chi connectivity index (χ4n) is 1.88. The van der Waals surface area contributed by atoms with Crippen molar-refractivity contribution in [3.63, 3.8) is 0 Å². The Bertz CT molecular complexity index is 611. The zero-order chi connectivity index (χ0) is 15.9. The third-order valence-electron chi connectivity index (χ3n) is 3.18. The second kappa shape index (κ2) is 7.84. The lowest BCUT2D eigenvalue weighted by molar-refractivity contribution is -0.132. The van der Waals surface area contributed by atoms with Gasteiger partial charge in [-0.15, -0.1) is 0 Å². The molecule has 0 aromatic heterocycles. The van der Waals surface area contributed by atoms with Crippen molar-refractivity contribution in [1.82, 2.24) is 4.90 Å². The molecule has 0 bridgehead atoms. The number of hydrogen-bond acceptors (Lipinski definition) is 3. The van der Waals surface area contributed by atoms with Gasteiger partial charge in [-0.25, -0.2) is 0 Å². The van der Waals surface area contributed by atoms with E-state index in [1.54, 1.807) is 43.3 Å². The van der Waals surface area contributed by atoms with Gasteiger partial charge in [-0.3, -0.25) is 4.79 Å². The van der Waals surface area contributed by atoms with Crippen molar-refractivity contribution in [3.8, 4) is 11.5 Å². The molecular weight excluding hydrogens is 346 g/mol. The minimum Gasteiger partial charge on any atom is -0.497 e. The van der Waals surface area contributed by atoms with E-state index in [2.05, 4.69) is 15.9 Å². The number of nitrogens with zero attached hydrogens (tertiary/aromatic N) is 1. The van der Waals surface area contributed by atoms with Crippen molar-refractivity contribution in [2.24, 2.45) is 0 Å². The summed E-state index contributed by atoms with van der Waals surface area (Å²) in [5.41, 5.74) is 1.07. The average Bonchev–Trinajstić information content (AvgIpc) is 2.55. The number of ether oxygens (including phenoxy) is 2. The summed E-state index contributed by atoms with van der Waals surface area (Å²) < 4.78 is 11.6. The van der Waals surface area contributed by atoms with E-state index in [1.807, 2.05) is 24.3 Å². The minimum atomic E-state index is -0.0706. The van der Waals surface area contributed by atoms with Gasteiger partial charge in [-0.2, -0.15) is 0 Å². The molecule has 22 heavy (non-hydrogen) atoms. The molecule has 1 amide bonds. The lowest BCUT2D eigenvalue weighted by Gasteiger charge is -2.17. The topological polar surface area (TPSA) is 38.8 Å². The predicted octanol–water partition coefficient (Wildman–Crippen LogP) is 3.50. The molecule has 0 unspecified atom stereocenters. The van der Waals surface area contributed by atoms with Gasteiger partial charge in [0.25, 0.3) is 5.91 Å². The SMILES string of the molecule is COc1ccc(OCC(=O)N(C)Cc2ccc(Br)cc2)cc1. The molecule has 0 radical (unpaired) electrons. The van der Waals surface area contributed by atoms with Crippen molar-refractivity contribution in [2.45, 2.75) is 6.54 Å². The molecule has 0 saturated carbocycles. The molecule has 0 aliphatic rings. The first-order valence-electron chi connectivity index (χ1n) is 6.84. The highest BCUT2D eigenvalue weighted by atomic mass is 79.9. The van der Waals surface area contributed by atoms with Gasteiger partial charge in [0, 0.05) is 18.1 Å². The maximum atomic E-state index is 12.1.